The van der Waals surface area contributed by atoms with Gasteiger partial charge in [0.05, 0.1) is 38.0 Å². The van der Waals surface area contributed by atoms with Crippen molar-refractivity contribution in [3.8, 4) is 11.6 Å². The minimum absolute atomic E-state index is 0.0243. The highest BCUT2D eigenvalue weighted by Gasteiger charge is 2.35. The third kappa shape index (κ3) is 9.05. The van der Waals surface area contributed by atoms with Crippen molar-refractivity contribution in [2.75, 3.05) is 49.8 Å². The number of rotatable bonds is 13. The van der Waals surface area contributed by atoms with Crippen LogP contribution in [0.3, 0.4) is 0 Å². The van der Waals surface area contributed by atoms with Gasteiger partial charge in [0, 0.05) is 37.6 Å². The van der Waals surface area contributed by atoms with Crippen LogP contribution in [0.2, 0.25) is 0 Å². The zero-order valence-corrected chi connectivity index (χ0v) is 29.4. The molecule has 1 aliphatic carbocycles. The van der Waals surface area contributed by atoms with Gasteiger partial charge in [-0.1, -0.05) is 26.8 Å². The number of pyridine rings is 2. The van der Waals surface area contributed by atoms with Crippen molar-refractivity contribution in [3.63, 3.8) is 0 Å². The Hall–Kier alpha value is -4.28. The maximum absolute atomic E-state index is 16.1. The number of hydrogen-bond donors (Lipinski definition) is 0. The summed E-state index contributed by atoms with van der Waals surface area (Å²) in [6.45, 7) is 11.5. The molecule has 9 nitrogen and oxygen atoms in total. The van der Waals surface area contributed by atoms with E-state index in [-0.39, 0.29) is 41.0 Å². The minimum atomic E-state index is -0.941. The van der Waals surface area contributed by atoms with Gasteiger partial charge < -0.3 is 19.1 Å². The van der Waals surface area contributed by atoms with Crippen LogP contribution in [0.4, 0.5) is 20.3 Å². The maximum atomic E-state index is 16.1. The topological polar surface area (TPSA) is 94.1 Å². The molecule has 1 unspecified atom stereocenters. The maximum Gasteiger partial charge on any atom is 0.306 e. The number of piperidine rings is 1. The molecule has 264 valence electrons. The third-order valence-electron chi connectivity index (χ3n) is 9.08. The monoisotopic (exact) mass is 678 g/mol. The third-order valence-corrected chi connectivity index (χ3v) is 9.08. The van der Waals surface area contributed by atoms with Crippen molar-refractivity contribution in [2.45, 2.75) is 72.6 Å². The van der Waals surface area contributed by atoms with Gasteiger partial charge in [-0.2, -0.15) is 0 Å². The number of ether oxygens (including phenoxy) is 3. The molecule has 0 N–H and O–H groups in total. The number of amides is 1. The van der Waals surface area contributed by atoms with Crippen LogP contribution in [0.1, 0.15) is 87.3 Å². The van der Waals surface area contributed by atoms with Crippen LogP contribution in [-0.2, 0) is 9.53 Å². The predicted molar refractivity (Wildman–Crippen MR) is 184 cm³/mol. The highest BCUT2D eigenvalue weighted by molar-refractivity contribution is 6.09. The molecule has 1 aliphatic heterocycles. The van der Waals surface area contributed by atoms with E-state index in [1.807, 2.05) is 58.9 Å². The van der Waals surface area contributed by atoms with Crippen molar-refractivity contribution in [1.82, 2.24) is 9.97 Å². The summed E-state index contributed by atoms with van der Waals surface area (Å²) in [6, 6.07) is 10.3. The highest BCUT2D eigenvalue weighted by atomic mass is 19.1. The van der Waals surface area contributed by atoms with E-state index < -0.39 is 23.3 Å². The lowest BCUT2D eigenvalue weighted by molar-refractivity contribution is -0.143. The van der Waals surface area contributed by atoms with Gasteiger partial charge in [0.25, 0.3) is 5.91 Å². The number of nitrogens with zero attached hydrogens (tertiary/aromatic N) is 4. The Bertz CT molecular complexity index is 1630. The van der Waals surface area contributed by atoms with E-state index in [4.69, 9.17) is 14.2 Å². The lowest BCUT2D eigenvalue weighted by atomic mass is 9.92. The van der Waals surface area contributed by atoms with Crippen molar-refractivity contribution < 1.29 is 32.6 Å². The average Bonchev–Trinajstić information content (AvgIpc) is 3.91. The standard InChI is InChI=1S/C38H48F2N4O5/c1-7-48-33(45)21-28(26-11-12-26)27-13-16-41-32(19-27)49-22-25-14-17-43(18-15-25)35-29(20-30(39)36(47-6)34(35)40)37(46)44(23-38(3,4)5)31-10-8-9-24(2)42-31/h8-10,13,16,19-20,25-26,28H,7,11-12,14-15,17-18,21-23H2,1-6H3. The summed E-state index contributed by atoms with van der Waals surface area (Å²) in [5.74, 6) is -1.49. The fraction of sp³-hybridized carbons (Fsp3) is 0.526. The Labute approximate surface area is 288 Å². The SMILES string of the molecule is CCOC(=O)CC(c1ccnc(OCC2CCN(c3c(C(=O)N(CC(C)(C)C)c4cccc(C)n4)cc(F)c(OC)c3F)CC2)c1)C1CC1. The Morgan fingerprint density at radius 1 is 1.08 bits per heavy atom. The number of hydrogen-bond acceptors (Lipinski definition) is 8. The fourth-order valence-corrected chi connectivity index (χ4v) is 6.52. The lowest BCUT2D eigenvalue weighted by Crippen LogP contribution is -2.41. The Morgan fingerprint density at radius 2 is 1.82 bits per heavy atom. The first kappa shape index (κ1) is 36.0. The first-order chi connectivity index (χ1) is 23.4. The number of anilines is 2. The summed E-state index contributed by atoms with van der Waals surface area (Å²) in [5, 5.41) is 0. The molecule has 2 aliphatic rings. The van der Waals surface area contributed by atoms with E-state index in [9.17, 15) is 9.59 Å². The van der Waals surface area contributed by atoms with Gasteiger partial charge in [0.15, 0.2) is 17.4 Å². The molecule has 0 radical (unpaired) electrons. The highest BCUT2D eigenvalue weighted by Crippen LogP contribution is 2.45. The molecular weight excluding hydrogens is 630 g/mol. The molecule has 1 aromatic carbocycles. The van der Waals surface area contributed by atoms with Gasteiger partial charge in [-0.25, -0.2) is 18.7 Å². The van der Waals surface area contributed by atoms with Crippen LogP contribution in [-0.4, -0.2) is 61.8 Å². The molecule has 1 amide bonds. The predicted octanol–water partition coefficient (Wildman–Crippen LogP) is 7.51. The summed E-state index contributed by atoms with van der Waals surface area (Å²) >= 11 is 0. The van der Waals surface area contributed by atoms with Crippen molar-refractivity contribution >= 4 is 23.4 Å². The van der Waals surface area contributed by atoms with Gasteiger partial charge >= 0.3 is 5.97 Å². The van der Waals surface area contributed by atoms with E-state index in [0.29, 0.717) is 63.2 Å². The second-order valence-electron chi connectivity index (χ2n) is 14.3. The van der Waals surface area contributed by atoms with Gasteiger partial charge in [-0.15, -0.1) is 0 Å². The van der Waals surface area contributed by atoms with Gasteiger partial charge in [0.1, 0.15) is 5.82 Å². The molecule has 3 aromatic rings. The molecule has 1 saturated carbocycles. The van der Waals surface area contributed by atoms with Gasteiger partial charge in [-0.05, 0) is 92.5 Å². The summed E-state index contributed by atoms with van der Waals surface area (Å²) < 4.78 is 47.8. The number of benzene rings is 1. The lowest BCUT2D eigenvalue weighted by Gasteiger charge is -2.36. The molecule has 49 heavy (non-hydrogen) atoms. The molecule has 5 rings (SSSR count). The first-order valence-corrected chi connectivity index (χ1v) is 17.2. The van der Waals surface area contributed by atoms with Gasteiger partial charge in [0.2, 0.25) is 5.88 Å². The smallest absolute Gasteiger partial charge is 0.306 e. The van der Waals surface area contributed by atoms with Crippen molar-refractivity contribution in [1.29, 1.82) is 0 Å². The van der Waals surface area contributed by atoms with E-state index >= 15 is 8.78 Å². The van der Waals surface area contributed by atoms with Crippen molar-refractivity contribution in [2.24, 2.45) is 17.3 Å². The minimum Gasteiger partial charge on any atom is -0.491 e. The molecule has 0 bridgehead atoms. The van der Waals surface area contributed by atoms with Crippen LogP contribution >= 0.6 is 0 Å². The van der Waals surface area contributed by atoms with E-state index in [2.05, 4.69) is 9.97 Å². The number of carbonyl (C=O) groups is 2. The molecule has 2 aromatic heterocycles. The van der Waals surface area contributed by atoms with Gasteiger partial charge in [-0.3, -0.25) is 14.5 Å². The van der Waals surface area contributed by atoms with Crippen LogP contribution in [0, 0.1) is 35.8 Å². The van der Waals surface area contributed by atoms with Crippen LogP contribution in [0.5, 0.6) is 11.6 Å². The molecule has 1 atom stereocenters. The number of methoxy groups -OCH3 is 1. The number of carbonyl (C=O) groups excluding carboxylic acids is 2. The Balaban J connectivity index is 1.31. The summed E-state index contributed by atoms with van der Waals surface area (Å²) in [4.78, 5) is 38.8. The van der Waals surface area contributed by atoms with Crippen molar-refractivity contribution in [3.05, 3.63) is 71.1 Å². The second-order valence-corrected chi connectivity index (χ2v) is 14.3. The van der Waals surface area contributed by atoms with E-state index in [1.165, 1.54) is 12.0 Å². The Morgan fingerprint density at radius 3 is 2.45 bits per heavy atom. The number of esters is 1. The van der Waals surface area contributed by atoms with E-state index in [0.717, 1.165) is 30.2 Å². The molecule has 11 heteroatoms. The van der Waals surface area contributed by atoms with Crippen LogP contribution < -0.4 is 19.3 Å². The second kappa shape index (κ2) is 15.5. The van der Waals surface area contributed by atoms with Crippen LogP contribution in [0.15, 0.2) is 42.6 Å². The summed E-state index contributed by atoms with van der Waals surface area (Å²) in [5.41, 5.74) is 1.37. The first-order valence-electron chi connectivity index (χ1n) is 17.2. The largest absolute Gasteiger partial charge is 0.491 e. The molecule has 0 spiro atoms. The zero-order valence-electron chi connectivity index (χ0n) is 29.4. The van der Waals surface area contributed by atoms with Crippen LogP contribution in [0.25, 0.3) is 0 Å². The molecule has 2 fully saturated rings. The summed E-state index contributed by atoms with van der Waals surface area (Å²) in [6.07, 6.45) is 5.55. The fourth-order valence-electron chi connectivity index (χ4n) is 6.52. The molecule has 3 heterocycles. The normalized spacial score (nSPS) is 15.9. The number of aryl methyl sites for hydroxylation is 1. The van der Waals surface area contributed by atoms with E-state index in [1.54, 1.807) is 17.2 Å². The molecule has 1 saturated heterocycles. The summed E-state index contributed by atoms with van der Waals surface area (Å²) in [7, 11) is 1.21. The molecular formula is C38H48F2N4O5. The zero-order chi connectivity index (χ0) is 35.3. The quantitative estimate of drug-likeness (QED) is 0.172. The number of halogens is 2. The Kier molecular flexibility index (Phi) is 11.4. The average molecular weight is 679 g/mol. The number of aromatic nitrogens is 2.